The van der Waals surface area contributed by atoms with Crippen molar-refractivity contribution in [2.75, 3.05) is 7.05 Å². The van der Waals surface area contributed by atoms with E-state index in [1.807, 2.05) is 25.7 Å². The van der Waals surface area contributed by atoms with Crippen LogP contribution in [0.2, 0.25) is 0 Å². The van der Waals surface area contributed by atoms with E-state index in [1.165, 1.54) is 11.3 Å². The summed E-state index contributed by atoms with van der Waals surface area (Å²) >= 11 is 0. The van der Waals surface area contributed by atoms with Crippen LogP contribution in [0.1, 0.15) is 37.2 Å². The van der Waals surface area contributed by atoms with Crippen LogP contribution in [-0.2, 0) is 7.05 Å². The van der Waals surface area contributed by atoms with Crippen molar-refractivity contribution in [1.29, 1.82) is 0 Å². The molecular weight excluding hydrogens is 186 g/mol. The molecule has 3 nitrogen and oxygen atoms in total. The van der Waals surface area contributed by atoms with Gasteiger partial charge in [-0.05, 0) is 39.8 Å². The second-order valence-corrected chi connectivity index (χ2v) is 4.17. The molecule has 0 aliphatic rings. The normalized spacial score (nSPS) is 12.8. The third-order valence-corrected chi connectivity index (χ3v) is 2.60. The van der Waals surface area contributed by atoms with Gasteiger partial charge in [0.25, 0.3) is 0 Å². The Morgan fingerprint density at radius 3 is 2.73 bits per heavy atom. The van der Waals surface area contributed by atoms with Crippen LogP contribution in [0.4, 0.5) is 0 Å². The Kier molecular flexibility index (Phi) is 4.09. The number of rotatable bonds is 5. The van der Waals surface area contributed by atoms with Crippen LogP contribution in [0.25, 0.3) is 0 Å². The second kappa shape index (κ2) is 5.12. The van der Waals surface area contributed by atoms with Crippen molar-refractivity contribution in [3.8, 4) is 0 Å². The first-order valence-corrected chi connectivity index (χ1v) is 5.36. The molecule has 3 heteroatoms. The predicted molar refractivity (Wildman–Crippen MR) is 63.8 cm³/mol. The number of nitrogens with one attached hydrogen (secondary N) is 1. The van der Waals surface area contributed by atoms with Gasteiger partial charge in [0, 0.05) is 13.1 Å². The summed E-state index contributed by atoms with van der Waals surface area (Å²) in [5, 5.41) is 7.69. The molecule has 1 unspecified atom stereocenters. The molecular formula is C12H21N3. The number of aromatic nitrogens is 2. The predicted octanol–water partition coefficient (Wildman–Crippen LogP) is 2.35. The number of allylic oxidation sites excluding steroid dienone is 1. The van der Waals surface area contributed by atoms with Gasteiger partial charge in [0.05, 0.1) is 11.4 Å². The van der Waals surface area contributed by atoms with Gasteiger partial charge < -0.3 is 5.32 Å². The fourth-order valence-electron chi connectivity index (χ4n) is 1.79. The molecule has 0 radical (unpaired) electrons. The fourth-order valence-corrected chi connectivity index (χ4v) is 1.79. The molecule has 0 saturated carbocycles. The van der Waals surface area contributed by atoms with E-state index in [0.717, 1.165) is 18.5 Å². The largest absolute Gasteiger partial charge is 0.312 e. The molecule has 1 heterocycles. The highest BCUT2D eigenvalue weighted by atomic mass is 15.3. The lowest BCUT2D eigenvalue weighted by Crippen LogP contribution is -2.19. The summed E-state index contributed by atoms with van der Waals surface area (Å²) in [5.41, 5.74) is 3.55. The third-order valence-electron chi connectivity index (χ3n) is 2.60. The molecule has 0 saturated heterocycles. The minimum Gasteiger partial charge on any atom is -0.312 e. The quantitative estimate of drug-likeness (QED) is 0.751. The van der Waals surface area contributed by atoms with E-state index in [9.17, 15) is 0 Å². The molecule has 84 valence electrons. The van der Waals surface area contributed by atoms with Gasteiger partial charge in [0.15, 0.2) is 0 Å². The second-order valence-electron chi connectivity index (χ2n) is 4.17. The third kappa shape index (κ3) is 3.20. The minimum absolute atomic E-state index is 0.368. The summed E-state index contributed by atoms with van der Waals surface area (Å²) in [6, 6.07) is 2.51. The average Bonchev–Trinajstić information content (AvgIpc) is 2.46. The monoisotopic (exact) mass is 207 g/mol. The Morgan fingerprint density at radius 2 is 2.33 bits per heavy atom. The van der Waals surface area contributed by atoms with E-state index < -0.39 is 0 Å². The maximum Gasteiger partial charge on any atom is 0.0597 e. The molecule has 0 spiro atoms. The first-order valence-electron chi connectivity index (χ1n) is 5.36. The van der Waals surface area contributed by atoms with Gasteiger partial charge in [-0.25, -0.2) is 0 Å². The highest BCUT2D eigenvalue weighted by Crippen LogP contribution is 2.20. The summed E-state index contributed by atoms with van der Waals surface area (Å²) in [6.45, 7) is 8.03. The van der Waals surface area contributed by atoms with Crippen LogP contribution in [0.3, 0.4) is 0 Å². The van der Waals surface area contributed by atoms with Crippen LogP contribution < -0.4 is 5.32 Å². The van der Waals surface area contributed by atoms with Gasteiger partial charge >= 0.3 is 0 Å². The number of hydrogen-bond acceptors (Lipinski definition) is 2. The maximum absolute atomic E-state index is 4.36. The zero-order valence-electron chi connectivity index (χ0n) is 10.2. The van der Waals surface area contributed by atoms with Crippen molar-refractivity contribution in [3.63, 3.8) is 0 Å². The van der Waals surface area contributed by atoms with Gasteiger partial charge in [-0.2, -0.15) is 5.10 Å². The lowest BCUT2D eigenvalue weighted by Gasteiger charge is -2.16. The molecule has 0 fully saturated rings. The van der Waals surface area contributed by atoms with E-state index in [1.54, 1.807) is 0 Å². The zero-order chi connectivity index (χ0) is 11.4. The fraction of sp³-hybridized carbons (Fsp3) is 0.583. The lowest BCUT2D eigenvalue weighted by atomic mass is 10.0. The number of nitrogens with zero attached hydrogens (tertiary/aromatic N) is 2. The Labute approximate surface area is 92.2 Å². The molecule has 0 aliphatic heterocycles. The molecule has 0 amide bonds. The Morgan fingerprint density at radius 1 is 1.67 bits per heavy atom. The van der Waals surface area contributed by atoms with Crippen molar-refractivity contribution in [1.82, 2.24) is 15.1 Å². The zero-order valence-corrected chi connectivity index (χ0v) is 10.2. The van der Waals surface area contributed by atoms with Crippen LogP contribution >= 0.6 is 0 Å². The van der Waals surface area contributed by atoms with E-state index in [-0.39, 0.29) is 0 Å². The van der Waals surface area contributed by atoms with Gasteiger partial charge in [0.1, 0.15) is 0 Å². The van der Waals surface area contributed by atoms with Gasteiger partial charge in [0.2, 0.25) is 0 Å². The molecule has 0 aliphatic carbocycles. The van der Waals surface area contributed by atoms with Crippen molar-refractivity contribution in [2.45, 2.75) is 32.7 Å². The molecule has 1 aromatic rings. The van der Waals surface area contributed by atoms with E-state index in [0.29, 0.717) is 6.04 Å². The highest BCUT2D eigenvalue weighted by Gasteiger charge is 2.13. The van der Waals surface area contributed by atoms with Crippen LogP contribution in [-0.4, -0.2) is 16.8 Å². The number of aryl methyl sites for hydroxylation is 2. The van der Waals surface area contributed by atoms with Crippen molar-refractivity contribution < 1.29 is 0 Å². The van der Waals surface area contributed by atoms with Gasteiger partial charge in [-0.3, -0.25) is 4.68 Å². The van der Waals surface area contributed by atoms with E-state index in [4.69, 9.17) is 0 Å². The molecule has 1 N–H and O–H groups in total. The van der Waals surface area contributed by atoms with Crippen LogP contribution in [0.15, 0.2) is 18.2 Å². The van der Waals surface area contributed by atoms with Crippen LogP contribution in [0, 0.1) is 6.92 Å². The molecule has 15 heavy (non-hydrogen) atoms. The maximum atomic E-state index is 4.36. The Bertz CT molecular complexity index is 339. The minimum atomic E-state index is 0.368. The summed E-state index contributed by atoms with van der Waals surface area (Å²) in [6.07, 6.45) is 2.13. The first kappa shape index (κ1) is 12.0. The van der Waals surface area contributed by atoms with Crippen LogP contribution in [0.5, 0.6) is 0 Å². The lowest BCUT2D eigenvalue weighted by molar-refractivity contribution is 0.505. The molecule has 0 bridgehead atoms. The molecule has 0 aromatic carbocycles. The summed E-state index contributed by atoms with van der Waals surface area (Å²) in [4.78, 5) is 0. The topological polar surface area (TPSA) is 29.9 Å². The average molecular weight is 207 g/mol. The Hall–Kier alpha value is -1.09. The van der Waals surface area contributed by atoms with Gasteiger partial charge in [-0.15, -0.1) is 6.58 Å². The first-order chi connectivity index (χ1) is 7.04. The van der Waals surface area contributed by atoms with Crippen molar-refractivity contribution in [3.05, 3.63) is 29.6 Å². The van der Waals surface area contributed by atoms with E-state index in [2.05, 4.69) is 30.0 Å². The van der Waals surface area contributed by atoms with E-state index >= 15 is 0 Å². The van der Waals surface area contributed by atoms with Gasteiger partial charge in [-0.1, -0.05) is 5.57 Å². The standard InChI is InChI=1S/C12H21N3/c1-9(2)6-7-11(13-4)12-8-10(3)14-15(12)5/h8,11,13H,1,6-7H2,2-5H3. The summed E-state index contributed by atoms with van der Waals surface area (Å²) < 4.78 is 1.95. The summed E-state index contributed by atoms with van der Waals surface area (Å²) in [5.74, 6) is 0. The molecule has 1 rings (SSSR count). The Balaban J connectivity index is 2.73. The SMILES string of the molecule is C=C(C)CCC(NC)c1cc(C)nn1C. The number of hydrogen-bond donors (Lipinski definition) is 1. The molecule has 1 aromatic heterocycles. The summed E-state index contributed by atoms with van der Waals surface area (Å²) in [7, 11) is 3.98. The van der Waals surface area contributed by atoms with Crippen molar-refractivity contribution in [2.24, 2.45) is 7.05 Å². The highest BCUT2D eigenvalue weighted by molar-refractivity contribution is 5.13. The smallest absolute Gasteiger partial charge is 0.0597 e. The van der Waals surface area contributed by atoms with Crippen molar-refractivity contribution >= 4 is 0 Å². The molecule has 1 atom stereocenters.